The Morgan fingerprint density at radius 1 is 1.10 bits per heavy atom. The Bertz CT molecular complexity index is 1170. The van der Waals surface area contributed by atoms with Gasteiger partial charge >= 0.3 is 6.09 Å². The van der Waals surface area contributed by atoms with E-state index >= 15 is 0 Å². The average Bonchev–Trinajstić information content (AvgIpc) is 2.98. The van der Waals surface area contributed by atoms with Crippen molar-refractivity contribution in [2.75, 3.05) is 56.8 Å². The Labute approximate surface area is 241 Å². The number of hydrogen-bond acceptors (Lipinski definition) is 8. The Kier molecular flexibility index (Phi) is 11.1. The molecule has 2 aliphatic rings. The Morgan fingerprint density at radius 3 is 2.58 bits per heavy atom. The molecule has 1 atom stereocenters. The number of carbonyl (C=O) groups is 2. The topological polar surface area (TPSA) is 92.7 Å². The van der Waals surface area contributed by atoms with Crippen LogP contribution in [0.2, 0.25) is 0 Å². The molecule has 2 aromatic rings. The van der Waals surface area contributed by atoms with Crippen LogP contribution < -0.4 is 14.8 Å². The van der Waals surface area contributed by atoms with Gasteiger partial charge in [-0.3, -0.25) is 10.1 Å². The number of hydrogen-bond donors (Lipinski definition) is 1. The maximum atomic E-state index is 12.9. The summed E-state index contributed by atoms with van der Waals surface area (Å²) in [5, 5.41) is 9.10. The van der Waals surface area contributed by atoms with Gasteiger partial charge in [0.05, 0.1) is 32.6 Å². The highest BCUT2D eigenvalue weighted by atomic mass is 32.2. The number of benzene rings is 2. The van der Waals surface area contributed by atoms with Gasteiger partial charge in [-0.2, -0.15) is 16.9 Å². The highest BCUT2D eigenvalue weighted by molar-refractivity contribution is 7.99. The highest BCUT2D eigenvalue weighted by Gasteiger charge is 2.30. The second-order valence-corrected chi connectivity index (χ2v) is 11.0. The van der Waals surface area contributed by atoms with E-state index in [1.165, 1.54) is 16.5 Å². The third kappa shape index (κ3) is 8.14. The molecule has 2 amide bonds. The molecule has 4 rings (SSSR count). The van der Waals surface area contributed by atoms with Crippen LogP contribution in [0.15, 0.2) is 47.6 Å². The van der Waals surface area contributed by atoms with Crippen LogP contribution in [0, 0.1) is 5.92 Å². The molecule has 2 aromatic carbocycles. The number of ether oxygens (including phenoxy) is 3. The number of methoxy groups -OCH3 is 1. The largest absolute Gasteiger partial charge is 0.493 e. The van der Waals surface area contributed by atoms with Crippen molar-refractivity contribution >= 4 is 35.2 Å². The average molecular weight is 569 g/mol. The van der Waals surface area contributed by atoms with Crippen molar-refractivity contribution in [2.45, 2.75) is 39.7 Å². The first-order valence-corrected chi connectivity index (χ1v) is 15.2. The lowest BCUT2D eigenvalue weighted by atomic mass is 9.89. The maximum Gasteiger partial charge on any atom is 0.411 e. The van der Waals surface area contributed by atoms with Gasteiger partial charge in [-0.1, -0.05) is 19.1 Å². The molecule has 1 N–H and O–H groups in total. The normalized spacial score (nSPS) is 17.8. The third-order valence-corrected chi connectivity index (χ3v) is 8.01. The molecule has 1 fully saturated rings. The molecule has 10 heteroatoms. The number of nitrogens with one attached hydrogen (secondary N) is 1. The fourth-order valence-corrected chi connectivity index (χ4v) is 5.82. The van der Waals surface area contributed by atoms with Gasteiger partial charge in [0, 0.05) is 54.7 Å². The lowest BCUT2D eigenvalue weighted by Gasteiger charge is -2.29. The van der Waals surface area contributed by atoms with Crippen molar-refractivity contribution in [1.82, 2.24) is 9.91 Å². The number of thioether (sulfide) groups is 1. The number of amides is 2. The van der Waals surface area contributed by atoms with E-state index in [-0.39, 0.29) is 11.8 Å². The molecule has 0 aliphatic carbocycles. The summed E-state index contributed by atoms with van der Waals surface area (Å²) in [5.74, 6) is 3.69. The van der Waals surface area contributed by atoms with Crippen molar-refractivity contribution in [3.05, 3.63) is 53.6 Å². The van der Waals surface area contributed by atoms with Crippen LogP contribution in [-0.2, 0) is 16.1 Å². The first-order valence-electron chi connectivity index (χ1n) is 14.0. The van der Waals surface area contributed by atoms with E-state index in [0.717, 1.165) is 49.3 Å². The van der Waals surface area contributed by atoms with Crippen LogP contribution in [0.5, 0.6) is 11.5 Å². The zero-order valence-electron chi connectivity index (χ0n) is 23.7. The van der Waals surface area contributed by atoms with Crippen molar-refractivity contribution in [3.8, 4) is 11.5 Å². The van der Waals surface area contributed by atoms with Crippen LogP contribution in [-0.4, -0.2) is 79.1 Å². The predicted octanol–water partition coefficient (Wildman–Crippen LogP) is 5.24. The molecule has 2 aliphatic heterocycles. The molecule has 216 valence electrons. The molecule has 0 saturated carbocycles. The number of carbonyl (C=O) groups excluding carboxylic acids is 2. The minimum Gasteiger partial charge on any atom is -0.493 e. The Balaban J connectivity index is 1.34. The zero-order valence-corrected chi connectivity index (χ0v) is 24.5. The van der Waals surface area contributed by atoms with E-state index in [4.69, 9.17) is 19.3 Å². The second-order valence-electron chi connectivity index (χ2n) is 9.81. The molecule has 0 radical (unpaired) electrons. The molecular formula is C30H40N4O5S. The van der Waals surface area contributed by atoms with E-state index in [1.807, 2.05) is 61.2 Å². The van der Waals surface area contributed by atoms with E-state index < -0.39 is 6.09 Å². The van der Waals surface area contributed by atoms with Crippen LogP contribution in [0.3, 0.4) is 0 Å². The number of anilines is 1. The predicted molar refractivity (Wildman–Crippen MR) is 159 cm³/mol. The molecule has 0 aromatic heterocycles. The van der Waals surface area contributed by atoms with Gasteiger partial charge in [0.2, 0.25) is 5.91 Å². The summed E-state index contributed by atoms with van der Waals surface area (Å²) in [4.78, 5) is 27.6. The summed E-state index contributed by atoms with van der Waals surface area (Å²) < 4.78 is 16.5. The van der Waals surface area contributed by atoms with E-state index in [0.29, 0.717) is 43.4 Å². The van der Waals surface area contributed by atoms with E-state index in [2.05, 4.69) is 17.1 Å². The van der Waals surface area contributed by atoms with Crippen molar-refractivity contribution in [2.24, 2.45) is 11.0 Å². The Hall–Kier alpha value is -3.24. The van der Waals surface area contributed by atoms with Crippen molar-refractivity contribution < 1.29 is 23.8 Å². The molecular weight excluding hydrogens is 528 g/mol. The van der Waals surface area contributed by atoms with Crippen LogP contribution in [0.4, 0.5) is 10.5 Å². The summed E-state index contributed by atoms with van der Waals surface area (Å²) in [7, 11) is 1.62. The van der Waals surface area contributed by atoms with Gasteiger partial charge < -0.3 is 19.1 Å². The summed E-state index contributed by atoms with van der Waals surface area (Å²) in [6.45, 7) is 8.42. The highest BCUT2D eigenvalue weighted by Crippen LogP contribution is 2.32. The summed E-state index contributed by atoms with van der Waals surface area (Å²) in [6.07, 6.45) is 1.57. The van der Waals surface area contributed by atoms with Gasteiger partial charge in [-0.25, -0.2) is 9.80 Å². The zero-order chi connectivity index (χ0) is 28.3. The molecule has 0 spiro atoms. The van der Waals surface area contributed by atoms with Gasteiger partial charge in [0.25, 0.3) is 0 Å². The lowest BCUT2D eigenvalue weighted by molar-refractivity contribution is -0.133. The molecule has 9 nitrogen and oxygen atoms in total. The quantitative estimate of drug-likeness (QED) is 0.350. The minimum absolute atomic E-state index is 0.0109. The number of hydrazone groups is 1. The van der Waals surface area contributed by atoms with E-state index in [9.17, 15) is 9.59 Å². The van der Waals surface area contributed by atoms with Gasteiger partial charge in [0.15, 0.2) is 11.5 Å². The van der Waals surface area contributed by atoms with Crippen molar-refractivity contribution in [3.63, 3.8) is 0 Å². The summed E-state index contributed by atoms with van der Waals surface area (Å²) in [6, 6.07) is 13.2. The molecule has 40 heavy (non-hydrogen) atoms. The fraction of sp³-hybridized carbons (Fsp3) is 0.500. The first kappa shape index (κ1) is 29.7. The molecule has 2 heterocycles. The second kappa shape index (κ2) is 14.9. The first-order chi connectivity index (χ1) is 19.5. The van der Waals surface area contributed by atoms with Crippen molar-refractivity contribution in [1.29, 1.82) is 0 Å². The lowest BCUT2D eigenvalue weighted by Crippen LogP contribution is -2.36. The van der Waals surface area contributed by atoms with Gasteiger partial charge in [-0.05, 0) is 55.7 Å². The molecule has 1 unspecified atom stereocenters. The smallest absolute Gasteiger partial charge is 0.411 e. The van der Waals surface area contributed by atoms with Gasteiger partial charge in [-0.15, -0.1) is 0 Å². The SMILES string of the molecule is CCOc1cc(C2=NN(Cc3ccc(NC(=O)OCCCN4CCSCC4)cc3)C(=O)CC2CC)ccc1OC. The number of rotatable bonds is 12. The standard InChI is InChI=1S/C30H40N4O5S/c1-4-23-20-28(35)34(32-29(23)24-9-12-26(37-3)27(19-24)38-5-2)21-22-7-10-25(11-8-22)31-30(36)39-16-6-13-33-14-17-40-18-15-33/h7-12,19,23H,4-6,13-18,20-21H2,1-3H3,(H,31,36). The third-order valence-electron chi connectivity index (χ3n) is 7.06. The summed E-state index contributed by atoms with van der Waals surface area (Å²) in [5.41, 5.74) is 3.34. The van der Waals surface area contributed by atoms with Crippen LogP contribution in [0.25, 0.3) is 0 Å². The Morgan fingerprint density at radius 2 is 1.88 bits per heavy atom. The summed E-state index contributed by atoms with van der Waals surface area (Å²) >= 11 is 1.99. The van der Waals surface area contributed by atoms with Gasteiger partial charge in [0.1, 0.15) is 0 Å². The van der Waals surface area contributed by atoms with Crippen LogP contribution >= 0.6 is 11.8 Å². The minimum atomic E-state index is -0.459. The maximum absolute atomic E-state index is 12.9. The number of nitrogens with zero attached hydrogens (tertiary/aromatic N) is 3. The van der Waals surface area contributed by atoms with Crippen LogP contribution in [0.1, 0.15) is 44.2 Å². The van der Waals surface area contributed by atoms with E-state index in [1.54, 1.807) is 7.11 Å². The monoisotopic (exact) mass is 568 g/mol. The molecule has 0 bridgehead atoms. The molecule has 1 saturated heterocycles. The fourth-order valence-electron chi connectivity index (χ4n) is 4.84.